The number of para-hydroxylation sites is 1. The number of esters is 1. The van der Waals surface area contributed by atoms with E-state index in [0.29, 0.717) is 13.2 Å². The summed E-state index contributed by atoms with van der Waals surface area (Å²) >= 11 is 0. The van der Waals surface area contributed by atoms with Crippen molar-refractivity contribution in [1.82, 2.24) is 5.32 Å². The Labute approximate surface area is 108 Å². The highest BCUT2D eigenvalue weighted by Gasteiger charge is 2.25. The second-order valence-corrected chi connectivity index (χ2v) is 4.42. The maximum absolute atomic E-state index is 11.8. The first-order valence-corrected chi connectivity index (χ1v) is 6.43. The van der Waals surface area contributed by atoms with Gasteiger partial charge in [-0.3, -0.25) is 4.79 Å². The third kappa shape index (κ3) is 2.64. The van der Waals surface area contributed by atoms with Gasteiger partial charge in [0.15, 0.2) is 0 Å². The van der Waals surface area contributed by atoms with E-state index < -0.39 is 0 Å². The van der Waals surface area contributed by atoms with Gasteiger partial charge in [-0.25, -0.2) is 0 Å². The van der Waals surface area contributed by atoms with Gasteiger partial charge in [0, 0.05) is 18.8 Å². The predicted molar refractivity (Wildman–Crippen MR) is 71.8 cm³/mol. The summed E-state index contributed by atoms with van der Waals surface area (Å²) in [6.45, 7) is 3.88. The van der Waals surface area contributed by atoms with Crippen LogP contribution in [0.3, 0.4) is 0 Å². The van der Waals surface area contributed by atoms with Crippen LogP contribution in [0.2, 0.25) is 0 Å². The van der Waals surface area contributed by atoms with Crippen LogP contribution >= 0.6 is 0 Å². The molecule has 1 heterocycles. The van der Waals surface area contributed by atoms with Crippen molar-refractivity contribution in [2.45, 2.75) is 19.4 Å². The Kier molecular flexibility index (Phi) is 4.20. The molecule has 0 saturated carbocycles. The molecule has 0 aliphatic carbocycles. The van der Waals surface area contributed by atoms with Gasteiger partial charge >= 0.3 is 5.97 Å². The zero-order valence-corrected chi connectivity index (χ0v) is 11.0. The number of carbonyl (C=O) groups is 1. The minimum absolute atomic E-state index is 0.176. The minimum Gasteiger partial charge on any atom is -0.465 e. The number of nitrogens with zero attached hydrogens (tertiary/aromatic N) is 1. The molecule has 1 unspecified atom stereocenters. The first-order valence-electron chi connectivity index (χ1n) is 6.43. The molecule has 1 N–H and O–H groups in total. The first-order chi connectivity index (χ1) is 8.76. The molecule has 0 amide bonds. The van der Waals surface area contributed by atoms with Gasteiger partial charge in [-0.1, -0.05) is 18.2 Å². The van der Waals surface area contributed by atoms with Crippen molar-refractivity contribution < 1.29 is 9.53 Å². The summed E-state index contributed by atoms with van der Waals surface area (Å²) in [5, 5.41) is 3.03. The van der Waals surface area contributed by atoms with Crippen molar-refractivity contribution in [3.8, 4) is 0 Å². The number of ether oxygens (including phenoxy) is 1. The number of hydrogen-bond donors (Lipinski definition) is 1. The minimum atomic E-state index is -0.267. The third-order valence-electron chi connectivity index (χ3n) is 3.31. The second-order valence-electron chi connectivity index (χ2n) is 4.42. The summed E-state index contributed by atoms with van der Waals surface area (Å²) < 4.78 is 5.07. The molecule has 0 saturated heterocycles. The van der Waals surface area contributed by atoms with Gasteiger partial charge in [0.1, 0.15) is 6.04 Å². The highest BCUT2D eigenvalue weighted by Crippen LogP contribution is 2.27. The van der Waals surface area contributed by atoms with Gasteiger partial charge in [0.2, 0.25) is 0 Å². The molecule has 0 fully saturated rings. The van der Waals surface area contributed by atoms with E-state index in [1.165, 1.54) is 11.3 Å². The topological polar surface area (TPSA) is 41.6 Å². The molecule has 98 valence electrons. The lowest BCUT2D eigenvalue weighted by atomic mass is 10.2. The van der Waals surface area contributed by atoms with E-state index in [1.54, 1.807) is 7.05 Å². The van der Waals surface area contributed by atoms with E-state index in [-0.39, 0.29) is 12.0 Å². The van der Waals surface area contributed by atoms with Crippen molar-refractivity contribution >= 4 is 11.7 Å². The van der Waals surface area contributed by atoms with Gasteiger partial charge in [-0.2, -0.15) is 0 Å². The van der Waals surface area contributed by atoms with Crippen LogP contribution in [0.25, 0.3) is 0 Å². The Morgan fingerprint density at radius 3 is 3.00 bits per heavy atom. The Bertz CT molecular complexity index is 420. The first kappa shape index (κ1) is 12.9. The molecule has 0 aromatic heterocycles. The average Bonchev–Trinajstić information content (AvgIpc) is 2.79. The molecule has 1 atom stereocenters. The number of nitrogens with one attached hydrogen (secondary N) is 1. The highest BCUT2D eigenvalue weighted by atomic mass is 16.5. The van der Waals surface area contributed by atoms with Gasteiger partial charge in [-0.05, 0) is 32.0 Å². The Balaban J connectivity index is 2.03. The molecular formula is C14H20N2O2. The van der Waals surface area contributed by atoms with Crippen molar-refractivity contribution in [1.29, 1.82) is 0 Å². The Morgan fingerprint density at radius 2 is 2.28 bits per heavy atom. The van der Waals surface area contributed by atoms with Crippen LogP contribution in [0.4, 0.5) is 5.69 Å². The molecule has 1 aromatic rings. The molecule has 0 bridgehead atoms. The average molecular weight is 248 g/mol. The lowest BCUT2D eigenvalue weighted by molar-refractivity contribution is -0.145. The zero-order valence-electron chi connectivity index (χ0n) is 11.0. The number of anilines is 1. The van der Waals surface area contributed by atoms with Crippen molar-refractivity contribution in [3.63, 3.8) is 0 Å². The fourth-order valence-corrected chi connectivity index (χ4v) is 2.34. The van der Waals surface area contributed by atoms with E-state index in [1.807, 2.05) is 13.0 Å². The second kappa shape index (κ2) is 5.87. The maximum Gasteiger partial charge on any atom is 0.324 e. The SMILES string of the molecule is CCOC(=O)C(CN1CCc2ccccc21)NC. The number of fused-ring (bicyclic) bond motifs is 1. The smallest absolute Gasteiger partial charge is 0.324 e. The molecule has 4 nitrogen and oxygen atoms in total. The number of rotatable bonds is 5. The van der Waals surface area contributed by atoms with Crippen molar-refractivity contribution in [2.75, 3.05) is 31.6 Å². The lowest BCUT2D eigenvalue weighted by Crippen LogP contribution is -2.45. The zero-order chi connectivity index (χ0) is 13.0. The molecule has 2 rings (SSSR count). The molecule has 4 heteroatoms. The standard InChI is InChI=1S/C14H20N2O2/c1-3-18-14(17)12(15-2)10-16-9-8-11-6-4-5-7-13(11)16/h4-7,12,15H,3,8-10H2,1-2H3. The molecule has 0 radical (unpaired) electrons. The lowest BCUT2D eigenvalue weighted by Gasteiger charge is -2.24. The molecule has 18 heavy (non-hydrogen) atoms. The summed E-state index contributed by atoms with van der Waals surface area (Å²) in [4.78, 5) is 14.0. The fourth-order valence-electron chi connectivity index (χ4n) is 2.34. The summed E-state index contributed by atoms with van der Waals surface area (Å²) in [5.41, 5.74) is 2.60. The van der Waals surface area contributed by atoms with E-state index in [2.05, 4.69) is 28.4 Å². The fraction of sp³-hybridized carbons (Fsp3) is 0.500. The maximum atomic E-state index is 11.8. The number of benzene rings is 1. The van der Waals surface area contributed by atoms with Crippen LogP contribution in [0.5, 0.6) is 0 Å². The van der Waals surface area contributed by atoms with E-state index in [4.69, 9.17) is 4.74 Å². The normalized spacial score (nSPS) is 15.3. The van der Waals surface area contributed by atoms with Gasteiger partial charge in [-0.15, -0.1) is 0 Å². The molecule has 1 aromatic carbocycles. The van der Waals surface area contributed by atoms with E-state index in [9.17, 15) is 4.79 Å². The summed E-state index contributed by atoms with van der Waals surface area (Å²) in [7, 11) is 1.80. The van der Waals surface area contributed by atoms with Gasteiger partial charge < -0.3 is 15.0 Å². The molecular weight excluding hydrogens is 228 g/mol. The third-order valence-corrected chi connectivity index (χ3v) is 3.31. The summed E-state index contributed by atoms with van der Waals surface area (Å²) in [5.74, 6) is -0.176. The van der Waals surface area contributed by atoms with E-state index in [0.717, 1.165) is 13.0 Å². The number of carbonyl (C=O) groups excluding carboxylic acids is 1. The van der Waals surface area contributed by atoms with Crippen LogP contribution in [-0.4, -0.2) is 38.8 Å². The molecule has 1 aliphatic rings. The van der Waals surface area contributed by atoms with E-state index >= 15 is 0 Å². The largest absolute Gasteiger partial charge is 0.465 e. The van der Waals surface area contributed by atoms with Crippen LogP contribution < -0.4 is 10.2 Å². The van der Waals surface area contributed by atoms with Gasteiger partial charge in [0.05, 0.1) is 6.61 Å². The monoisotopic (exact) mass is 248 g/mol. The van der Waals surface area contributed by atoms with Crippen molar-refractivity contribution in [3.05, 3.63) is 29.8 Å². The Morgan fingerprint density at radius 1 is 1.50 bits per heavy atom. The highest BCUT2D eigenvalue weighted by molar-refractivity contribution is 5.77. The van der Waals surface area contributed by atoms with Gasteiger partial charge in [0.25, 0.3) is 0 Å². The molecule has 0 spiro atoms. The van der Waals surface area contributed by atoms with Crippen LogP contribution in [0.1, 0.15) is 12.5 Å². The summed E-state index contributed by atoms with van der Waals surface area (Å²) in [6.07, 6.45) is 1.05. The van der Waals surface area contributed by atoms with Crippen LogP contribution in [-0.2, 0) is 16.0 Å². The van der Waals surface area contributed by atoms with Crippen LogP contribution in [0.15, 0.2) is 24.3 Å². The number of likely N-dealkylation sites (N-methyl/N-ethyl adjacent to an activating group) is 1. The molecule has 1 aliphatic heterocycles. The number of hydrogen-bond acceptors (Lipinski definition) is 4. The summed E-state index contributed by atoms with van der Waals surface area (Å²) in [6, 6.07) is 8.09. The predicted octanol–water partition coefficient (Wildman–Crippen LogP) is 1.20. The van der Waals surface area contributed by atoms with Crippen molar-refractivity contribution in [2.24, 2.45) is 0 Å². The van der Waals surface area contributed by atoms with Crippen LogP contribution in [0, 0.1) is 0 Å². The quantitative estimate of drug-likeness (QED) is 0.795. The Hall–Kier alpha value is -1.55.